The Morgan fingerprint density at radius 3 is 1.18 bits per heavy atom. The third-order valence-electron chi connectivity index (χ3n) is 1.07. The van der Waals surface area contributed by atoms with E-state index >= 15 is 0 Å². The van der Waals surface area contributed by atoms with Crippen molar-refractivity contribution in [2.24, 2.45) is 11.8 Å². The summed E-state index contributed by atoms with van der Waals surface area (Å²) >= 11 is 18.0. The molecule has 0 aromatic rings. The van der Waals surface area contributed by atoms with Crippen molar-refractivity contribution in [3.63, 3.8) is 0 Å². The molecular weight excluding hydrogens is 339 g/mol. The molecule has 0 aliphatic rings. The third-order valence-corrected chi connectivity index (χ3v) is 1.54. The summed E-state index contributed by atoms with van der Waals surface area (Å²) in [4.78, 5) is 0. The zero-order valence-corrected chi connectivity index (χ0v) is 14.6. The maximum absolute atomic E-state index is 4.85. The fourth-order valence-electron chi connectivity index (χ4n) is 0.469. The van der Waals surface area contributed by atoms with Crippen molar-refractivity contribution in [2.75, 3.05) is 13.2 Å². The zero-order valence-electron chi connectivity index (χ0n) is 10.3. The van der Waals surface area contributed by atoms with Crippen LogP contribution in [0.25, 0.3) is 0 Å². The largest absolute Gasteiger partial charge is 2.00 e. The van der Waals surface area contributed by atoms with Crippen molar-refractivity contribution in [1.29, 1.82) is 0 Å². The molecular formula is C10H18NiO2S4. The van der Waals surface area contributed by atoms with Gasteiger partial charge in [-0.3, -0.25) is 0 Å². The zero-order chi connectivity index (χ0) is 13.1. The molecule has 0 spiro atoms. The molecule has 0 aliphatic carbocycles. The van der Waals surface area contributed by atoms with Crippen LogP contribution in [-0.4, -0.2) is 22.0 Å². The van der Waals surface area contributed by atoms with Gasteiger partial charge in [0.15, 0.2) is 0 Å². The summed E-state index contributed by atoms with van der Waals surface area (Å²) in [6.45, 7) is 9.48. The third kappa shape index (κ3) is 31.5. The molecule has 0 saturated heterocycles. The molecule has 17 heavy (non-hydrogen) atoms. The molecule has 0 N–H and O–H groups in total. The van der Waals surface area contributed by atoms with Gasteiger partial charge in [-0.25, -0.2) is 0 Å². The molecule has 0 heterocycles. The summed E-state index contributed by atoms with van der Waals surface area (Å²) in [5.74, 6) is 1.02. The summed E-state index contributed by atoms with van der Waals surface area (Å²) in [6, 6.07) is 0. The molecule has 0 unspecified atom stereocenters. The molecule has 104 valence electrons. The quantitative estimate of drug-likeness (QED) is 0.434. The van der Waals surface area contributed by atoms with Crippen LogP contribution >= 0.6 is 24.4 Å². The molecule has 0 rings (SSSR count). The minimum atomic E-state index is 0. The van der Waals surface area contributed by atoms with E-state index in [1.165, 1.54) is 0 Å². The summed E-state index contributed by atoms with van der Waals surface area (Å²) in [6.07, 6.45) is 0. The Bertz CT molecular complexity index is 188. The number of hydrogen-bond donors (Lipinski definition) is 0. The number of thiocarbonyl (C=S) groups is 2. The van der Waals surface area contributed by atoms with Crippen LogP contribution in [0.15, 0.2) is 0 Å². The van der Waals surface area contributed by atoms with Crippen LogP contribution in [0.3, 0.4) is 0 Å². The average molecular weight is 357 g/mol. The Labute approximate surface area is 136 Å². The normalized spacial score (nSPS) is 8.82. The van der Waals surface area contributed by atoms with Crippen molar-refractivity contribution in [1.82, 2.24) is 0 Å². The van der Waals surface area contributed by atoms with Gasteiger partial charge in [-0.05, 0) is 11.8 Å². The monoisotopic (exact) mass is 356 g/mol. The number of hydrogen-bond acceptors (Lipinski definition) is 6. The fraction of sp³-hybridized carbons (Fsp3) is 0.800. The van der Waals surface area contributed by atoms with E-state index in [9.17, 15) is 0 Å². The molecule has 0 saturated carbocycles. The molecule has 2 nitrogen and oxygen atoms in total. The van der Waals surface area contributed by atoms with E-state index in [1.54, 1.807) is 0 Å². The molecule has 0 atom stereocenters. The Balaban J connectivity index is -0.000000218. The Kier molecular flexibility index (Phi) is 19.9. The van der Waals surface area contributed by atoms with Crippen molar-refractivity contribution in [3.05, 3.63) is 0 Å². The van der Waals surface area contributed by atoms with Gasteiger partial charge in [-0.15, -0.1) is 0 Å². The van der Waals surface area contributed by atoms with E-state index < -0.39 is 0 Å². The predicted octanol–water partition coefficient (Wildman–Crippen LogP) is 2.98. The van der Waals surface area contributed by atoms with Crippen LogP contribution in [-0.2, 0) is 51.2 Å². The smallest absolute Gasteiger partial charge is 0.513 e. The Morgan fingerprint density at radius 2 is 1.12 bits per heavy atom. The number of ether oxygens (including phenoxy) is 2. The minimum absolute atomic E-state index is 0. The van der Waals surface area contributed by atoms with Crippen LogP contribution in [0.1, 0.15) is 27.7 Å². The summed E-state index contributed by atoms with van der Waals surface area (Å²) in [5, 5.41) is 0. The van der Waals surface area contributed by atoms with E-state index in [4.69, 9.17) is 9.47 Å². The van der Waals surface area contributed by atoms with Crippen LogP contribution in [0.2, 0.25) is 0 Å². The van der Waals surface area contributed by atoms with E-state index in [1.807, 2.05) is 27.7 Å². The van der Waals surface area contributed by atoms with E-state index in [0.717, 1.165) is 0 Å². The maximum Gasteiger partial charge on any atom is 2.00 e. The Hall–Kier alpha value is 0.714. The summed E-state index contributed by atoms with van der Waals surface area (Å²) in [5.41, 5.74) is 0. The molecule has 0 fully saturated rings. The fourth-order valence-corrected chi connectivity index (χ4v) is 0.742. The second-order valence-electron chi connectivity index (χ2n) is 3.91. The van der Waals surface area contributed by atoms with Gasteiger partial charge in [0.1, 0.15) is 0 Å². The first-order valence-corrected chi connectivity index (χ1v) is 6.56. The summed E-state index contributed by atoms with van der Waals surface area (Å²) < 4.78 is 10.1. The van der Waals surface area contributed by atoms with E-state index in [-0.39, 0.29) is 25.3 Å². The van der Waals surface area contributed by atoms with Crippen molar-refractivity contribution in [3.8, 4) is 0 Å². The van der Waals surface area contributed by atoms with E-state index in [2.05, 4.69) is 49.7 Å². The minimum Gasteiger partial charge on any atom is -0.513 e. The predicted molar refractivity (Wildman–Crippen MR) is 81.5 cm³/mol. The molecule has 0 aromatic carbocycles. The first-order chi connectivity index (χ1) is 7.25. The maximum atomic E-state index is 4.85. The average Bonchev–Trinajstić information content (AvgIpc) is 2.12. The van der Waals surface area contributed by atoms with Crippen LogP contribution < -0.4 is 0 Å². The van der Waals surface area contributed by atoms with Gasteiger partial charge in [0.2, 0.25) is 0 Å². The van der Waals surface area contributed by atoms with Crippen LogP contribution in [0.4, 0.5) is 0 Å². The molecule has 0 radical (unpaired) electrons. The van der Waals surface area contributed by atoms with E-state index in [0.29, 0.717) is 25.0 Å². The summed E-state index contributed by atoms with van der Waals surface area (Å²) in [7, 11) is 0. The van der Waals surface area contributed by atoms with Gasteiger partial charge >= 0.3 is 16.5 Å². The second-order valence-corrected chi connectivity index (χ2v) is 5.91. The van der Waals surface area contributed by atoms with Gasteiger partial charge < -0.3 is 59.2 Å². The van der Waals surface area contributed by atoms with Crippen molar-refractivity contribution >= 4 is 58.5 Å². The van der Waals surface area contributed by atoms with Crippen molar-refractivity contribution < 1.29 is 26.0 Å². The van der Waals surface area contributed by atoms with Gasteiger partial charge in [0, 0.05) is 8.77 Å². The first-order valence-electron chi connectivity index (χ1n) is 4.93. The molecule has 0 aromatic heterocycles. The standard InChI is InChI=1S/2C5H10OS2.Ni/c2*1-4(2)3-6-5(7)8;/h2*4H,3H2,1-2H3,(H,7,8);/q;;+2/p-2. The SMILES string of the molecule is CC(C)COC(=S)[S-].CC(C)COC(=S)[S-].[Ni+2]. The molecule has 0 aliphatic heterocycles. The van der Waals surface area contributed by atoms with Crippen molar-refractivity contribution in [2.45, 2.75) is 27.7 Å². The molecule has 0 bridgehead atoms. The number of rotatable bonds is 4. The molecule has 0 amide bonds. The topological polar surface area (TPSA) is 18.5 Å². The van der Waals surface area contributed by atoms with Gasteiger partial charge in [-0.2, -0.15) is 0 Å². The van der Waals surface area contributed by atoms with Crippen LogP contribution in [0, 0.1) is 11.8 Å². The van der Waals surface area contributed by atoms with Gasteiger partial charge in [0.05, 0.1) is 13.2 Å². The Morgan fingerprint density at radius 1 is 0.882 bits per heavy atom. The van der Waals surface area contributed by atoms with Gasteiger partial charge in [-0.1, -0.05) is 27.7 Å². The molecule has 7 heteroatoms. The van der Waals surface area contributed by atoms with Gasteiger partial charge in [0.25, 0.3) is 0 Å². The first kappa shape index (κ1) is 22.9. The van der Waals surface area contributed by atoms with Crippen LogP contribution in [0.5, 0.6) is 0 Å². The second kappa shape index (κ2) is 14.8.